The molecule has 0 aliphatic carbocycles. The van der Waals surface area contributed by atoms with Crippen LogP contribution in [0.1, 0.15) is 0 Å². The maximum atomic E-state index is 5.52. The molecular weight excluding hydrogens is 356 g/mol. The summed E-state index contributed by atoms with van der Waals surface area (Å²) in [6, 6.07) is 13.3. The molecule has 0 fully saturated rings. The lowest BCUT2D eigenvalue weighted by Crippen LogP contribution is -2.10. The van der Waals surface area contributed by atoms with Crippen LogP contribution in [-0.2, 0) is 0 Å². The number of halogens is 1. The number of nitrogens with zero attached hydrogens (tertiary/aromatic N) is 3. The van der Waals surface area contributed by atoms with Crippen molar-refractivity contribution in [2.45, 2.75) is 0 Å². The molecule has 7 nitrogen and oxygen atoms in total. The lowest BCUT2D eigenvalue weighted by molar-refractivity contribution is 0.328. The van der Waals surface area contributed by atoms with Crippen LogP contribution in [0.2, 0.25) is 0 Å². The van der Waals surface area contributed by atoms with Crippen LogP contribution in [0.25, 0.3) is 16.9 Å². The topological polar surface area (TPSA) is 84.4 Å². The van der Waals surface area contributed by atoms with E-state index in [0.717, 1.165) is 22.7 Å². The summed E-state index contributed by atoms with van der Waals surface area (Å²) in [7, 11) is 3.17. The van der Waals surface area contributed by atoms with Gasteiger partial charge in [0.2, 0.25) is 11.8 Å². The van der Waals surface area contributed by atoms with Gasteiger partial charge in [-0.2, -0.15) is 0 Å². The molecule has 3 rings (SSSR count). The molecule has 0 unspecified atom stereocenters. The van der Waals surface area contributed by atoms with Gasteiger partial charge in [0.05, 0.1) is 31.8 Å². The molecule has 0 spiro atoms. The summed E-state index contributed by atoms with van der Waals surface area (Å²) < 4.78 is 17.7. The van der Waals surface area contributed by atoms with E-state index in [2.05, 4.69) is 10.1 Å². The highest BCUT2D eigenvalue weighted by Crippen LogP contribution is 2.28. The number of ether oxygens (including phenoxy) is 3. The smallest absolute Gasteiger partial charge is 0.233 e. The first-order valence-electron chi connectivity index (χ1n) is 7.83. The Morgan fingerprint density at radius 2 is 1.73 bits per heavy atom. The van der Waals surface area contributed by atoms with E-state index >= 15 is 0 Å². The first-order chi connectivity index (χ1) is 12.2. The van der Waals surface area contributed by atoms with E-state index in [9.17, 15) is 0 Å². The van der Waals surface area contributed by atoms with Gasteiger partial charge in [0.25, 0.3) is 0 Å². The molecule has 0 radical (unpaired) electrons. The Balaban J connectivity index is 0.00000243. The van der Waals surface area contributed by atoms with Crippen molar-refractivity contribution in [2.75, 3.05) is 27.4 Å². The second-order valence-electron chi connectivity index (χ2n) is 5.20. The van der Waals surface area contributed by atoms with Crippen LogP contribution >= 0.6 is 12.4 Å². The van der Waals surface area contributed by atoms with Crippen molar-refractivity contribution in [3.8, 4) is 34.5 Å². The van der Waals surface area contributed by atoms with E-state index in [-0.39, 0.29) is 12.4 Å². The summed E-state index contributed by atoms with van der Waals surface area (Å²) in [6.07, 6.45) is 1.70. The molecule has 0 aliphatic heterocycles. The van der Waals surface area contributed by atoms with Crippen molar-refractivity contribution in [1.29, 1.82) is 0 Å². The van der Waals surface area contributed by atoms with Crippen LogP contribution < -0.4 is 19.9 Å². The molecule has 26 heavy (non-hydrogen) atoms. The van der Waals surface area contributed by atoms with Gasteiger partial charge in [-0.1, -0.05) is 0 Å². The Bertz CT molecular complexity index is 819. The highest BCUT2D eigenvalue weighted by atomic mass is 35.5. The third-order valence-corrected chi connectivity index (χ3v) is 3.61. The molecule has 8 heteroatoms. The number of nitrogens with two attached hydrogens (primary N) is 1. The second-order valence-corrected chi connectivity index (χ2v) is 5.20. The minimum Gasteiger partial charge on any atom is -0.492 e. The van der Waals surface area contributed by atoms with Crippen LogP contribution in [0.5, 0.6) is 17.5 Å². The summed E-state index contributed by atoms with van der Waals surface area (Å²) in [6.45, 7) is 0.971. The highest BCUT2D eigenvalue weighted by molar-refractivity contribution is 5.85. The average Bonchev–Trinajstić information content (AvgIpc) is 3.11. The molecule has 0 atom stereocenters. The van der Waals surface area contributed by atoms with E-state index in [1.165, 1.54) is 0 Å². The third kappa shape index (κ3) is 4.25. The van der Waals surface area contributed by atoms with E-state index in [1.54, 1.807) is 31.2 Å². The summed E-state index contributed by atoms with van der Waals surface area (Å²) in [5, 5.41) is 4.47. The van der Waals surface area contributed by atoms with Crippen LogP contribution in [0.3, 0.4) is 0 Å². The molecule has 1 aromatic carbocycles. The Labute approximate surface area is 158 Å². The number of pyridine rings is 1. The maximum Gasteiger partial charge on any atom is 0.233 e. The minimum atomic E-state index is 0. The van der Waals surface area contributed by atoms with Crippen molar-refractivity contribution >= 4 is 12.4 Å². The fraction of sp³-hybridized carbons (Fsp3) is 0.222. The Hall–Kier alpha value is -2.77. The molecule has 0 saturated carbocycles. The van der Waals surface area contributed by atoms with Crippen molar-refractivity contribution in [2.24, 2.45) is 5.73 Å². The Kier molecular flexibility index (Phi) is 6.82. The van der Waals surface area contributed by atoms with E-state index in [1.807, 2.05) is 36.4 Å². The van der Waals surface area contributed by atoms with Gasteiger partial charge in [-0.25, -0.2) is 9.67 Å². The number of hydrogen-bond donors (Lipinski definition) is 1. The molecule has 138 valence electrons. The fourth-order valence-electron chi connectivity index (χ4n) is 2.38. The predicted molar refractivity (Wildman–Crippen MR) is 102 cm³/mol. The van der Waals surface area contributed by atoms with Gasteiger partial charge in [-0.05, 0) is 30.3 Å². The molecule has 0 aliphatic rings. The summed E-state index contributed by atoms with van der Waals surface area (Å²) in [5.41, 5.74) is 8.12. The van der Waals surface area contributed by atoms with Gasteiger partial charge in [0, 0.05) is 24.2 Å². The SMILES string of the molecule is COc1ccc(-n2nc(OC)cc2-c2ccc(OCCN)cc2)cn1.Cl. The van der Waals surface area contributed by atoms with Gasteiger partial charge in [-0.15, -0.1) is 17.5 Å². The molecule has 2 heterocycles. The molecule has 2 aromatic heterocycles. The first-order valence-corrected chi connectivity index (χ1v) is 7.83. The summed E-state index contributed by atoms with van der Waals surface area (Å²) in [4.78, 5) is 4.24. The van der Waals surface area contributed by atoms with E-state index < -0.39 is 0 Å². The van der Waals surface area contributed by atoms with E-state index in [4.69, 9.17) is 19.9 Å². The number of methoxy groups -OCH3 is 2. The number of aromatic nitrogens is 3. The van der Waals surface area contributed by atoms with Crippen LogP contribution in [-0.4, -0.2) is 42.1 Å². The normalized spacial score (nSPS) is 10.1. The van der Waals surface area contributed by atoms with Crippen molar-refractivity contribution in [1.82, 2.24) is 14.8 Å². The molecule has 0 saturated heterocycles. The second kappa shape index (κ2) is 9.07. The number of hydrogen-bond acceptors (Lipinski definition) is 6. The Morgan fingerprint density at radius 3 is 2.31 bits per heavy atom. The lowest BCUT2D eigenvalue weighted by Gasteiger charge is -2.09. The van der Waals surface area contributed by atoms with Gasteiger partial charge in [0.15, 0.2) is 0 Å². The molecule has 2 N–H and O–H groups in total. The molecular formula is C18H21ClN4O3. The molecule has 3 aromatic rings. The van der Waals surface area contributed by atoms with Crippen LogP contribution in [0, 0.1) is 0 Å². The van der Waals surface area contributed by atoms with Crippen molar-refractivity contribution in [3.05, 3.63) is 48.7 Å². The zero-order chi connectivity index (χ0) is 17.6. The quantitative estimate of drug-likeness (QED) is 0.682. The first kappa shape index (κ1) is 19.6. The fourth-order valence-corrected chi connectivity index (χ4v) is 2.38. The van der Waals surface area contributed by atoms with E-state index in [0.29, 0.717) is 24.9 Å². The van der Waals surface area contributed by atoms with Crippen molar-refractivity contribution in [3.63, 3.8) is 0 Å². The standard InChI is InChI=1S/C18H20N4O3.ClH/c1-23-17-8-5-14(12-20-17)22-16(11-18(21-22)24-2)13-3-6-15(7-4-13)25-10-9-19;/h3-8,11-12H,9-10,19H2,1-2H3;1H. The van der Waals surface area contributed by atoms with Gasteiger partial charge >= 0.3 is 0 Å². The number of rotatable bonds is 7. The summed E-state index contributed by atoms with van der Waals surface area (Å²) >= 11 is 0. The van der Waals surface area contributed by atoms with Gasteiger partial charge < -0.3 is 19.9 Å². The molecule has 0 amide bonds. The minimum absolute atomic E-state index is 0. The lowest BCUT2D eigenvalue weighted by atomic mass is 10.1. The largest absolute Gasteiger partial charge is 0.492 e. The van der Waals surface area contributed by atoms with Crippen LogP contribution in [0.4, 0.5) is 0 Å². The maximum absolute atomic E-state index is 5.52. The van der Waals surface area contributed by atoms with Gasteiger partial charge in [-0.3, -0.25) is 0 Å². The zero-order valence-electron chi connectivity index (χ0n) is 14.6. The predicted octanol–water partition coefficient (Wildman–Crippen LogP) is 2.71. The number of benzene rings is 1. The Morgan fingerprint density at radius 1 is 1.00 bits per heavy atom. The summed E-state index contributed by atoms with van der Waals surface area (Å²) in [5.74, 6) is 1.85. The highest BCUT2D eigenvalue weighted by Gasteiger charge is 2.13. The molecule has 0 bridgehead atoms. The van der Waals surface area contributed by atoms with Crippen molar-refractivity contribution < 1.29 is 14.2 Å². The van der Waals surface area contributed by atoms with Crippen LogP contribution in [0.15, 0.2) is 48.7 Å². The average molecular weight is 377 g/mol. The van der Waals surface area contributed by atoms with Gasteiger partial charge in [0.1, 0.15) is 12.4 Å². The third-order valence-electron chi connectivity index (χ3n) is 3.61. The monoisotopic (exact) mass is 376 g/mol. The zero-order valence-corrected chi connectivity index (χ0v) is 15.4.